The lowest BCUT2D eigenvalue weighted by atomic mass is 9.97. The molecule has 0 atom stereocenters. The molecule has 0 aliphatic carbocycles. The molecule has 0 saturated heterocycles. The monoisotopic (exact) mass is 1280 g/mol. The molecule has 0 N–H and O–H groups in total. The zero-order valence-corrected chi connectivity index (χ0v) is 54.1. The highest BCUT2D eigenvalue weighted by Gasteiger charge is 2.24. The molecule has 0 aliphatic heterocycles. The Morgan fingerprint density at radius 2 is 0.610 bits per heavy atom. The van der Waals surface area contributed by atoms with E-state index in [1.54, 1.807) is 0 Å². The number of anilines is 3. The van der Waals surface area contributed by atoms with E-state index in [2.05, 4.69) is 276 Å². The van der Waals surface area contributed by atoms with Gasteiger partial charge in [-0.15, -0.1) is 0 Å². The zero-order chi connectivity index (χ0) is 66.3. The molecule has 0 bridgehead atoms. The Morgan fingerprint density at radius 1 is 0.240 bits per heavy atom. The summed E-state index contributed by atoms with van der Waals surface area (Å²) in [6.45, 7) is 0. The maximum Gasteiger partial charge on any atom is 0.180 e. The first-order valence-electron chi connectivity index (χ1n) is 33.6. The number of nitrogens with zero attached hydrogens (tertiary/aromatic N) is 6. The van der Waals surface area contributed by atoms with Gasteiger partial charge in [-0.1, -0.05) is 297 Å². The van der Waals surface area contributed by atoms with Crippen molar-refractivity contribution in [2.45, 2.75) is 0 Å². The van der Waals surface area contributed by atoms with Gasteiger partial charge in [-0.3, -0.25) is 0 Å². The third-order valence-electron chi connectivity index (χ3n) is 18.7. The van der Waals surface area contributed by atoms with Crippen LogP contribution in [0.5, 0.6) is 0 Å². The molecule has 0 spiro atoms. The number of fused-ring (bicyclic) bond motifs is 9. The highest BCUT2D eigenvalue weighted by atomic mass is 16.3. The molecule has 0 amide bonds. The van der Waals surface area contributed by atoms with E-state index in [0.717, 1.165) is 128 Å². The summed E-state index contributed by atoms with van der Waals surface area (Å²) >= 11 is 0. The molecule has 0 unspecified atom stereocenters. The number of hydrogen-bond donors (Lipinski definition) is 0. The van der Waals surface area contributed by atoms with E-state index in [-0.39, 0.29) is 0 Å². The van der Waals surface area contributed by atoms with Gasteiger partial charge in [-0.2, -0.15) is 0 Å². The molecule has 8 nitrogen and oxygen atoms in total. The summed E-state index contributed by atoms with van der Waals surface area (Å²) in [5, 5.41) is 4.43. The minimum atomic E-state index is 0.674. The van der Waals surface area contributed by atoms with E-state index in [4.69, 9.17) is 28.8 Å². The summed E-state index contributed by atoms with van der Waals surface area (Å²) in [5.74, 6) is 1.35. The van der Waals surface area contributed by atoms with Crippen LogP contribution in [0.2, 0.25) is 0 Å². The number of para-hydroxylation sites is 7. The first-order valence-corrected chi connectivity index (χ1v) is 33.6. The van der Waals surface area contributed by atoms with Crippen molar-refractivity contribution in [1.29, 1.82) is 0 Å². The van der Waals surface area contributed by atoms with Gasteiger partial charge in [0, 0.05) is 77.6 Å². The predicted molar refractivity (Wildman–Crippen MR) is 411 cm³/mol. The van der Waals surface area contributed by atoms with Gasteiger partial charge in [0.15, 0.2) is 22.8 Å². The second-order valence-corrected chi connectivity index (χ2v) is 24.8. The fourth-order valence-electron chi connectivity index (χ4n) is 14.0. The number of rotatable bonds is 12. The van der Waals surface area contributed by atoms with E-state index in [1.807, 2.05) is 97.1 Å². The Bertz CT molecular complexity index is 6120. The lowest BCUT2D eigenvalue weighted by molar-refractivity contribution is 0.668. The van der Waals surface area contributed by atoms with Crippen LogP contribution in [0.25, 0.3) is 161 Å². The molecule has 5 aromatic heterocycles. The Hall–Kier alpha value is -13.6. The number of furan rings is 2. The molecule has 8 heteroatoms. The molecule has 19 rings (SSSR count). The van der Waals surface area contributed by atoms with Gasteiger partial charge in [-0.25, -0.2) is 19.9 Å². The average Bonchev–Trinajstić information content (AvgIpc) is 1.59. The van der Waals surface area contributed by atoms with Gasteiger partial charge < -0.3 is 18.3 Å². The van der Waals surface area contributed by atoms with Crippen LogP contribution in [-0.2, 0) is 0 Å². The SMILES string of the molecule is c1ccc(-c2nc(-c3ccccc3)c3oc4c(-c5ccc(-c6ccc7c8ccccc8n(-c8ccccc8)c7c6)cc5)cccc4c3n2)cc1.c1ccc(-c2nc(-c3ccccc3)c3oc4c(-c5ccc(-c6ccccc6N(c6ccccc6)c6ccccc6)cc5)cccc4c3n2)cc1. The van der Waals surface area contributed by atoms with Crippen molar-refractivity contribution in [1.82, 2.24) is 24.5 Å². The van der Waals surface area contributed by atoms with Crippen molar-refractivity contribution in [3.05, 3.63) is 364 Å². The molecular weight excluding hydrogens is 1220 g/mol. The standard InChI is InChI=1S/C46H29N3O.C46H31N3O/c1-4-13-32(14-5-1)42-45-43(48-46(47-42)33-15-6-2-7-16-33)39-21-12-20-36(44(39)50-45)31-25-23-30(24-26-31)34-27-28-38-37-19-10-11-22-40(37)49(41(38)29-34)35-17-8-3-9-18-35;1-5-16-34(17-6-1)42-45-43(48-46(47-42)35-18-7-2-8-19-35)40-26-15-25-39(44(40)50-45)33-30-28-32(29-31-33)38-24-13-14-27-41(38)49(36-20-9-3-10-21-36)37-22-11-4-12-23-37/h1-29H;1-31H. The molecular formula is C92H60N6O2. The van der Waals surface area contributed by atoms with Crippen molar-refractivity contribution < 1.29 is 8.83 Å². The van der Waals surface area contributed by atoms with Gasteiger partial charge in [0.2, 0.25) is 0 Å². The van der Waals surface area contributed by atoms with Crippen LogP contribution < -0.4 is 4.90 Å². The molecule has 0 saturated carbocycles. The third-order valence-corrected chi connectivity index (χ3v) is 18.7. The second kappa shape index (κ2) is 25.5. The van der Waals surface area contributed by atoms with Gasteiger partial charge in [0.1, 0.15) is 33.6 Å². The summed E-state index contributed by atoms with van der Waals surface area (Å²) in [5.41, 5.74) is 25.7. The Morgan fingerprint density at radius 3 is 1.11 bits per heavy atom. The van der Waals surface area contributed by atoms with Crippen molar-refractivity contribution >= 4 is 83.0 Å². The van der Waals surface area contributed by atoms with Crippen molar-refractivity contribution in [3.8, 4) is 95.5 Å². The van der Waals surface area contributed by atoms with E-state index >= 15 is 0 Å². The predicted octanol–water partition coefficient (Wildman–Crippen LogP) is 24.7. The first kappa shape index (κ1) is 59.0. The molecule has 14 aromatic carbocycles. The van der Waals surface area contributed by atoms with E-state index in [9.17, 15) is 0 Å². The van der Waals surface area contributed by atoms with Crippen LogP contribution in [0, 0.1) is 0 Å². The molecule has 5 heterocycles. The number of aromatic nitrogens is 5. The minimum Gasteiger partial charge on any atom is -0.451 e. The van der Waals surface area contributed by atoms with Crippen LogP contribution in [-0.4, -0.2) is 24.5 Å². The molecule has 470 valence electrons. The lowest BCUT2D eigenvalue weighted by Gasteiger charge is -2.27. The topological polar surface area (TPSA) is 86.0 Å². The van der Waals surface area contributed by atoms with Crippen LogP contribution in [0.1, 0.15) is 0 Å². The lowest BCUT2D eigenvalue weighted by Crippen LogP contribution is -2.10. The maximum atomic E-state index is 6.75. The van der Waals surface area contributed by atoms with Crippen LogP contribution in [0.15, 0.2) is 373 Å². The second-order valence-electron chi connectivity index (χ2n) is 24.8. The highest BCUT2D eigenvalue weighted by Crippen LogP contribution is 2.45. The fraction of sp³-hybridized carbons (Fsp3) is 0. The maximum absolute atomic E-state index is 6.75. The van der Waals surface area contributed by atoms with Crippen LogP contribution in [0.4, 0.5) is 17.1 Å². The van der Waals surface area contributed by atoms with Crippen LogP contribution in [0.3, 0.4) is 0 Å². The van der Waals surface area contributed by atoms with Gasteiger partial charge >= 0.3 is 0 Å². The normalized spacial score (nSPS) is 11.4. The van der Waals surface area contributed by atoms with Crippen LogP contribution >= 0.6 is 0 Å². The first-order chi connectivity index (χ1) is 49.6. The Kier molecular flexibility index (Phi) is 15.1. The number of benzene rings is 14. The molecule has 19 aromatic rings. The van der Waals surface area contributed by atoms with Gasteiger partial charge in [0.25, 0.3) is 0 Å². The minimum absolute atomic E-state index is 0.674. The molecule has 0 fully saturated rings. The zero-order valence-electron chi connectivity index (χ0n) is 54.1. The summed E-state index contributed by atoms with van der Waals surface area (Å²) < 4.78 is 15.8. The average molecular weight is 1280 g/mol. The van der Waals surface area contributed by atoms with E-state index in [1.165, 1.54) is 27.4 Å². The van der Waals surface area contributed by atoms with Crippen molar-refractivity contribution in [3.63, 3.8) is 0 Å². The smallest absolute Gasteiger partial charge is 0.180 e. The van der Waals surface area contributed by atoms with Gasteiger partial charge in [-0.05, 0) is 94.5 Å². The summed E-state index contributed by atoms with van der Waals surface area (Å²) in [4.78, 5) is 22.5. The fourth-order valence-corrected chi connectivity index (χ4v) is 14.0. The molecule has 0 aliphatic rings. The van der Waals surface area contributed by atoms with E-state index in [0.29, 0.717) is 22.8 Å². The Balaban J connectivity index is 0.000000144. The summed E-state index contributed by atoms with van der Waals surface area (Å²) in [7, 11) is 0. The van der Waals surface area contributed by atoms with Gasteiger partial charge in [0.05, 0.1) is 16.7 Å². The summed E-state index contributed by atoms with van der Waals surface area (Å²) in [6.07, 6.45) is 0. The van der Waals surface area contributed by atoms with E-state index < -0.39 is 0 Å². The van der Waals surface area contributed by atoms with Crippen molar-refractivity contribution in [2.75, 3.05) is 4.90 Å². The third kappa shape index (κ3) is 10.8. The molecule has 100 heavy (non-hydrogen) atoms. The van der Waals surface area contributed by atoms with Crippen molar-refractivity contribution in [2.24, 2.45) is 0 Å². The molecule has 0 radical (unpaired) electrons. The largest absolute Gasteiger partial charge is 0.451 e. The quantitative estimate of drug-likeness (QED) is 0.120. The number of hydrogen-bond acceptors (Lipinski definition) is 7. The summed E-state index contributed by atoms with van der Waals surface area (Å²) in [6, 6.07) is 126. The highest BCUT2D eigenvalue weighted by molar-refractivity contribution is 6.13. The Labute approximate surface area is 577 Å².